The van der Waals surface area contributed by atoms with Gasteiger partial charge in [0.2, 0.25) is 6.41 Å². The third-order valence-electron chi connectivity index (χ3n) is 2.38. The van der Waals surface area contributed by atoms with Crippen molar-refractivity contribution in [3.8, 4) is 0 Å². The first-order chi connectivity index (χ1) is 7.24. The fourth-order valence-corrected chi connectivity index (χ4v) is 1.56. The molecule has 0 aliphatic rings. The molecule has 4 nitrogen and oxygen atoms in total. The molecule has 0 aromatic heterocycles. The molecule has 0 aliphatic carbocycles. The Kier molecular flexibility index (Phi) is 8.33. The number of amides is 1. The van der Waals surface area contributed by atoms with Crippen molar-refractivity contribution in [2.45, 2.75) is 38.6 Å². The van der Waals surface area contributed by atoms with E-state index in [9.17, 15) is 4.79 Å². The fourth-order valence-electron chi connectivity index (χ4n) is 1.56. The molecule has 0 spiro atoms. The quantitative estimate of drug-likeness (QED) is 0.562. The summed E-state index contributed by atoms with van der Waals surface area (Å²) in [5, 5.41) is 2.84. The van der Waals surface area contributed by atoms with Crippen molar-refractivity contribution in [2.24, 2.45) is 0 Å². The molecular formula is C11H23NO3. The molecule has 0 bridgehead atoms. The highest BCUT2D eigenvalue weighted by atomic mass is 16.5. The summed E-state index contributed by atoms with van der Waals surface area (Å²) in [5.41, 5.74) is -0.359. The van der Waals surface area contributed by atoms with Gasteiger partial charge in [-0.25, -0.2) is 0 Å². The Morgan fingerprint density at radius 2 is 2.07 bits per heavy atom. The first kappa shape index (κ1) is 14.4. The van der Waals surface area contributed by atoms with Crippen molar-refractivity contribution in [1.82, 2.24) is 5.32 Å². The number of methoxy groups -OCH3 is 1. The summed E-state index contributed by atoms with van der Waals surface area (Å²) in [7, 11) is 1.64. The molecule has 1 N–H and O–H groups in total. The van der Waals surface area contributed by atoms with Crippen LogP contribution >= 0.6 is 0 Å². The first-order valence-electron chi connectivity index (χ1n) is 5.52. The van der Waals surface area contributed by atoms with Gasteiger partial charge in [0.05, 0.1) is 18.8 Å². The Labute approximate surface area is 92.3 Å². The molecule has 15 heavy (non-hydrogen) atoms. The van der Waals surface area contributed by atoms with E-state index in [-0.39, 0.29) is 5.54 Å². The van der Waals surface area contributed by atoms with Crippen molar-refractivity contribution in [3.63, 3.8) is 0 Å². The maximum atomic E-state index is 10.6. The molecule has 0 rings (SSSR count). The molecule has 0 aromatic carbocycles. The Hall–Kier alpha value is -0.610. The fraction of sp³-hybridized carbons (Fsp3) is 0.909. The minimum absolute atomic E-state index is 0.359. The minimum Gasteiger partial charge on any atom is -0.382 e. The first-order valence-corrected chi connectivity index (χ1v) is 5.52. The Balaban J connectivity index is 4.32. The van der Waals surface area contributed by atoms with Gasteiger partial charge in [-0.15, -0.1) is 0 Å². The van der Waals surface area contributed by atoms with Crippen LogP contribution in [0.25, 0.3) is 0 Å². The molecule has 1 atom stereocenters. The van der Waals surface area contributed by atoms with Crippen LogP contribution in [0.3, 0.4) is 0 Å². The van der Waals surface area contributed by atoms with Gasteiger partial charge in [-0.2, -0.15) is 0 Å². The summed E-state index contributed by atoms with van der Waals surface area (Å²) in [4.78, 5) is 10.6. The average molecular weight is 217 g/mol. The van der Waals surface area contributed by atoms with Gasteiger partial charge in [0.25, 0.3) is 0 Å². The maximum absolute atomic E-state index is 10.6. The zero-order valence-corrected chi connectivity index (χ0v) is 10.0. The second-order valence-electron chi connectivity index (χ2n) is 3.72. The molecule has 0 aliphatic heterocycles. The molecule has 0 fully saturated rings. The van der Waals surface area contributed by atoms with Crippen molar-refractivity contribution in [3.05, 3.63) is 0 Å². The number of rotatable bonds is 10. The molecule has 1 amide bonds. The van der Waals surface area contributed by atoms with Crippen LogP contribution in [0.4, 0.5) is 0 Å². The minimum atomic E-state index is -0.359. The number of carbonyl (C=O) groups is 1. The molecular weight excluding hydrogens is 194 g/mol. The molecule has 90 valence electrons. The maximum Gasteiger partial charge on any atom is 0.207 e. The second kappa shape index (κ2) is 8.68. The van der Waals surface area contributed by atoms with E-state index in [0.717, 1.165) is 25.7 Å². The van der Waals surface area contributed by atoms with Crippen molar-refractivity contribution >= 4 is 6.41 Å². The summed E-state index contributed by atoms with van der Waals surface area (Å²) < 4.78 is 10.6. The molecule has 0 saturated carbocycles. The highest BCUT2D eigenvalue weighted by molar-refractivity contribution is 5.48. The Morgan fingerprint density at radius 1 is 1.33 bits per heavy atom. The summed E-state index contributed by atoms with van der Waals surface area (Å²) in [5.74, 6) is 0. The van der Waals surface area contributed by atoms with Gasteiger partial charge in [0, 0.05) is 13.7 Å². The van der Waals surface area contributed by atoms with Crippen LogP contribution in [-0.4, -0.2) is 38.9 Å². The molecule has 0 radical (unpaired) electrons. The van der Waals surface area contributed by atoms with E-state index < -0.39 is 0 Å². The van der Waals surface area contributed by atoms with E-state index >= 15 is 0 Å². The van der Waals surface area contributed by atoms with Gasteiger partial charge < -0.3 is 14.8 Å². The Morgan fingerprint density at radius 3 is 2.53 bits per heavy atom. The van der Waals surface area contributed by atoms with Gasteiger partial charge in [-0.1, -0.05) is 19.8 Å². The predicted octanol–water partition coefficient (Wildman–Crippen LogP) is 1.34. The number of nitrogens with one attached hydrogen (secondary N) is 1. The van der Waals surface area contributed by atoms with Gasteiger partial charge in [-0.05, 0) is 13.3 Å². The van der Waals surface area contributed by atoms with E-state index in [0.29, 0.717) is 19.8 Å². The lowest BCUT2D eigenvalue weighted by Crippen LogP contribution is -2.52. The molecule has 0 saturated heterocycles. The van der Waals surface area contributed by atoms with Crippen LogP contribution in [-0.2, 0) is 14.3 Å². The SMILES string of the molecule is CCCCC(COC)(COCC)NC=O. The third-order valence-corrected chi connectivity index (χ3v) is 2.38. The van der Waals surface area contributed by atoms with Crippen molar-refractivity contribution in [1.29, 1.82) is 0 Å². The lowest BCUT2D eigenvalue weighted by Gasteiger charge is -2.32. The zero-order valence-electron chi connectivity index (χ0n) is 10.0. The summed E-state index contributed by atoms with van der Waals surface area (Å²) >= 11 is 0. The lowest BCUT2D eigenvalue weighted by molar-refractivity contribution is -0.113. The predicted molar refractivity (Wildman–Crippen MR) is 59.8 cm³/mol. The third kappa shape index (κ3) is 5.74. The molecule has 0 heterocycles. The normalized spacial score (nSPS) is 14.6. The van der Waals surface area contributed by atoms with Crippen LogP contribution in [0.2, 0.25) is 0 Å². The number of ether oxygens (including phenoxy) is 2. The topological polar surface area (TPSA) is 47.6 Å². The van der Waals surface area contributed by atoms with Crippen LogP contribution in [0.15, 0.2) is 0 Å². The smallest absolute Gasteiger partial charge is 0.207 e. The summed E-state index contributed by atoms with van der Waals surface area (Å²) in [6.45, 7) is 5.72. The lowest BCUT2D eigenvalue weighted by atomic mass is 9.94. The van der Waals surface area contributed by atoms with E-state index in [1.54, 1.807) is 7.11 Å². The van der Waals surface area contributed by atoms with Crippen molar-refractivity contribution in [2.75, 3.05) is 26.9 Å². The average Bonchev–Trinajstić information content (AvgIpc) is 2.24. The van der Waals surface area contributed by atoms with Crippen LogP contribution in [0.5, 0.6) is 0 Å². The number of unbranched alkanes of at least 4 members (excludes halogenated alkanes) is 1. The van der Waals surface area contributed by atoms with E-state index in [4.69, 9.17) is 9.47 Å². The monoisotopic (exact) mass is 217 g/mol. The number of hydrogen-bond donors (Lipinski definition) is 1. The zero-order chi connectivity index (χ0) is 11.6. The van der Waals surface area contributed by atoms with Gasteiger partial charge in [0.1, 0.15) is 0 Å². The van der Waals surface area contributed by atoms with Crippen LogP contribution in [0, 0.1) is 0 Å². The van der Waals surface area contributed by atoms with E-state index in [2.05, 4.69) is 12.2 Å². The summed E-state index contributed by atoms with van der Waals surface area (Å²) in [6, 6.07) is 0. The Bertz CT molecular complexity index is 154. The standard InChI is InChI=1S/C11H23NO3/c1-4-6-7-11(8-14-3,12-10-13)9-15-5-2/h10H,4-9H2,1-3H3,(H,12,13). The molecule has 4 heteroatoms. The molecule has 1 unspecified atom stereocenters. The highest BCUT2D eigenvalue weighted by Gasteiger charge is 2.29. The largest absolute Gasteiger partial charge is 0.382 e. The van der Waals surface area contributed by atoms with Gasteiger partial charge in [0.15, 0.2) is 0 Å². The number of hydrogen-bond acceptors (Lipinski definition) is 3. The van der Waals surface area contributed by atoms with Crippen LogP contribution in [0.1, 0.15) is 33.1 Å². The number of carbonyl (C=O) groups excluding carboxylic acids is 1. The van der Waals surface area contributed by atoms with E-state index in [1.807, 2.05) is 6.92 Å². The van der Waals surface area contributed by atoms with Gasteiger partial charge in [-0.3, -0.25) is 4.79 Å². The highest BCUT2D eigenvalue weighted by Crippen LogP contribution is 2.15. The second-order valence-corrected chi connectivity index (χ2v) is 3.72. The van der Waals surface area contributed by atoms with Crippen molar-refractivity contribution < 1.29 is 14.3 Å². The van der Waals surface area contributed by atoms with E-state index in [1.165, 1.54) is 0 Å². The summed E-state index contributed by atoms with van der Waals surface area (Å²) in [6.07, 6.45) is 3.76. The van der Waals surface area contributed by atoms with Gasteiger partial charge >= 0.3 is 0 Å². The van der Waals surface area contributed by atoms with Crippen LogP contribution < -0.4 is 5.32 Å². The molecule has 0 aromatic rings.